The van der Waals surface area contributed by atoms with Crippen LogP contribution in [0.4, 0.5) is 5.69 Å². The Balaban J connectivity index is 1.98. The summed E-state index contributed by atoms with van der Waals surface area (Å²) in [5.74, 6) is -0.569. The molecule has 7 nitrogen and oxygen atoms in total. The molecule has 0 aromatic heterocycles. The summed E-state index contributed by atoms with van der Waals surface area (Å²) < 4.78 is 5.66. The van der Waals surface area contributed by atoms with E-state index in [0.29, 0.717) is 24.3 Å². The van der Waals surface area contributed by atoms with Crippen molar-refractivity contribution in [3.05, 3.63) is 29.8 Å². The van der Waals surface area contributed by atoms with Crippen molar-refractivity contribution in [3.63, 3.8) is 0 Å². The first-order valence-electron chi connectivity index (χ1n) is 8.46. The predicted octanol–water partition coefficient (Wildman–Crippen LogP) is 1.30. The van der Waals surface area contributed by atoms with E-state index >= 15 is 0 Å². The van der Waals surface area contributed by atoms with Crippen LogP contribution in [-0.4, -0.2) is 43.0 Å². The average Bonchev–Trinajstić information content (AvgIpc) is 2.90. The lowest BCUT2D eigenvalue weighted by Gasteiger charge is -2.17. The highest BCUT2D eigenvalue weighted by molar-refractivity contribution is 6.04. The largest absolute Gasteiger partial charge is 0.365 e. The number of carbonyl (C=O) groups is 3. The van der Waals surface area contributed by atoms with Crippen molar-refractivity contribution in [2.75, 3.05) is 18.4 Å². The summed E-state index contributed by atoms with van der Waals surface area (Å²) in [6.07, 6.45) is 0.382. The van der Waals surface area contributed by atoms with Crippen LogP contribution in [-0.2, 0) is 14.3 Å². The second kappa shape index (κ2) is 8.62. The second-order valence-corrected chi connectivity index (χ2v) is 6.35. The highest BCUT2D eigenvalue weighted by Crippen LogP contribution is 2.27. The van der Waals surface area contributed by atoms with Gasteiger partial charge >= 0.3 is 0 Å². The van der Waals surface area contributed by atoms with Gasteiger partial charge in [0.15, 0.2) is 0 Å². The van der Waals surface area contributed by atoms with E-state index in [1.807, 2.05) is 13.8 Å². The number of amides is 3. The molecule has 136 valence electrons. The number of benzene rings is 1. The van der Waals surface area contributed by atoms with E-state index in [1.165, 1.54) is 6.92 Å². The van der Waals surface area contributed by atoms with Gasteiger partial charge in [-0.3, -0.25) is 14.4 Å². The van der Waals surface area contributed by atoms with Crippen LogP contribution < -0.4 is 16.0 Å². The summed E-state index contributed by atoms with van der Waals surface area (Å²) >= 11 is 0. The van der Waals surface area contributed by atoms with Gasteiger partial charge in [-0.2, -0.15) is 0 Å². The second-order valence-electron chi connectivity index (χ2n) is 6.35. The lowest BCUT2D eigenvalue weighted by molar-refractivity contribution is -0.127. The maximum atomic E-state index is 12.5. The molecule has 2 rings (SSSR count). The number of rotatable bonds is 6. The number of carbonyl (C=O) groups excluding carboxylic acids is 3. The Hall–Kier alpha value is -2.41. The first-order valence-corrected chi connectivity index (χ1v) is 8.46. The number of hydrogen-bond donors (Lipinski definition) is 3. The minimum atomic E-state index is -0.508. The van der Waals surface area contributed by atoms with Gasteiger partial charge in [0.25, 0.3) is 11.8 Å². The Kier molecular flexibility index (Phi) is 6.52. The summed E-state index contributed by atoms with van der Waals surface area (Å²) in [4.78, 5) is 35.6. The van der Waals surface area contributed by atoms with E-state index < -0.39 is 6.10 Å². The van der Waals surface area contributed by atoms with Crippen LogP contribution >= 0.6 is 0 Å². The molecule has 1 heterocycles. The molecule has 3 atom stereocenters. The maximum Gasteiger partial charge on any atom is 0.253 e. The molecule has 1 aromatic carbocycles. The van der Waals surface area contributed by atoms with Gasteiger partial charge in [0.05, 0.1) is 17.4 Å². The monoisotopic (exact) mass is 347 g/mol. The molecule has 0 radical (unpaired) electrons. The fourth-order valence-electron chi connectivity index (χ4n) is 2.91. The van der Waals surface area contributed by atoms with Gasteiger partial charge in [-0.15, -0.1) is 0 Å². The van der Waals surface area contributed by atoms with Crippen LogP contribution in [0.25, 0.3) is 0 Å². The molecule has 1 saturated heterocycles. The molecule has 0 bridgehead atoms. The average molecular weight is 347 g/mol. The summed E-state index contributed by atoms with van der Waals surface area (Å²) in [7, 11) is 0. The Morgan fingerprint density at radius 3 is 2.44 bits per heavy atom. The molecule has 1 fully saturated rings. The van der Waals surface area contributed by atoms with Gasteiger partial charge in [0.1, 0.15) is 6.10 Å². The van der Waals surface area contributed by atoms with Gasteiger partial charge in [-0.25, -0.2) is 0 Å². The van der Waals surface area contributed by atoms with Crippen molar-refractivity contribution in [3.8, 4) is 0 Å². The molecular formula is C18H25N3O4. The van der Waals surface area contributed by atoms with Crippen molar-refractivity contribution < 1.29 is 19.1 Å². The van der Waals surface area contributed by atoms with Crippen LogP contribution in [0, 0.1) is 5.92 Å². The van der Waals surface area contributed by atoms with Crippen LogP contribution in [0.3, 0.4) is 0 Å². The summed E-state index contributed by atoms with van der Waals surface area (Å²) in [6.45, 7) is 6.00. The first kappa shape index (κ1) is 18.9. The Morgan fingerprint density at radius 1 is 1.12 bits per heavy atom. The summed E-state index contributed by atoms with van der Waals surface area (Å²) in [5.41, 5.74) is 0.817. The van der Waals surface area contributed by atoms with Crippen molar-refractivity contribution in [1.29, 1.82) is 0 Å². The number of anilines is 1. The predicted molar refractivity (Wildman–Crippen MR) is 94.2 cm³/mol. The molecule has 0 spiro atoms. The maximum absolute atomic E-state index is 12.5. The van der Waals surface area contributed by atoms with E-state index in [9.17, 15) is 14.4 Å². The standard InChI is InChI=1S/C18H25N3O4/c1-11-10-12(2)25-16(11)18(24)21-15-7-5-4-6-14(15)17(23)20-9-8-19-13(3)22/h4-7,11-12,16H,8-10H2,1-3H3,(H,19,22)(H,20,23)(H,21,24)/t11-,12-,16-/m1/s1. The summed E-state index contributed by atoms with van der Waals surface area (Å²) in [5, 5.41) is 8.12. The Labute approximate surface area is 147 Å². The molecule has 3 N–H and O–H groups in total. The van der Waals surface area contributed by atoms with E-state index in [0.717, 1.165) is 6.42 Å². The fraction of sp³-hybridized carbons (Fsp3) is 0.500. The van der Waals surface area contributed by atoms with Gasteiger partial charge in [-0.05, 0) is 31.4 Å². The highest BCUT2D eigenvalue weighted by atomic mass is 16.5. The van der Waals surface area contributed by atoms with Crippen LogP contribution in [0.5, 0.6) is 0 Å². The van der Waals surface area contributed by atoms with Crippen molar-refractivity contribution in [1.82, 2.24) is 10.6 Å². The highest BCUT2D eigenvalue weighted by Gasteiger charge is 2.35. The van der Waals surface area contributed by atoms with Gasteiger partial charge in [0.2, 0.25) is 5.91 Å². The van der Waals surface area contributed by atoms with Crippen LogP contribution in [0.15, 0.2) is 24.3 Å². The van der Waals surface area contributed by atoms with Gasteiger partial charge < -0.3 is 20.7 Å². The van der Waals surface area contributed by atoms with E-state index in [1.54, 1.807) is 24.3 Å². The SMILES string of the molecule is CC(=O)NCCNC(=O)c1ccccc1NC(=O)[C@@H]1O[C@H](C)C[C@H]1C. The molecule has 25 heavy (non-hydrogen) atoms. The molecule has 7 heteroatoms. The molecule has 0 saturated carbocycles. The topological polar surface area (TPSA) is 96.5 Å². The molecular weight excluding hydrogens is 322 g/mol. The zero-order chi connectivity index (χ0) is 18.4. The van der Waals surface area contributed by atoms with Crippen LogP contribution in [0.2, 0.25) is 0 Å². The third kappa shape index (κ3) is 5.29. The van der Waals surface area contributed by atoms with Crippen molar-refractivity contribution >= 4 is 23.4 Å². The minimum Gasteiger partial charge on any atom is -0.365 e. The molecule has 1 aliphatic rings. The lowest BCUT2D eigenvalue weighted by atomic mass is 10.0. The third-order valence-corrected chi connectivity index (χ3v) is 4.07. The quantitative estimate of drug-likeness (QED) is 0.676. The van der Waals surface area contributed by atoms with Gasteiger partial charge in [-0.1, -0.05) is 19.1 Å². The zero-order valence-electron chi connectivity index (χ0n) is 14.8. The van der Waals surface area contributed by atoms with E-state index in [4.69, 9.17) is 4.74 Å². The Bertz CT molecular complexity index is 647. The molecule has 0 unspecified atom stereocenters. The smallest absolute Gasteiger partial charge is 0.253 e. The van der Waals surface area contributed by atoms with Crippen molar-refractivity contribution in [2.45, 2.75) is 39.4 Å². The lowest BCUT2D eigenvalue weighted by Crippen LogP contribution is -2.35. The molecule has 3 amide bonds. The number of ether oxygens (including phenoxy) is 1. The molecule has 1 aromatic rings. The summed E-state index contributed by atoms with van der Waals surface area (Å²) in [6, 6.07) is 6.81. The normalized spacial score (nSPS) is 22.3. The van der Waals surface area contributed by atoms with Crippen LogP contribution in [0.1, 0.15) is 37.6 Å². The minimum absolute atomic E-state index is 0.0538. The van der Waals surface area contributed by atoms with E-state index in [-0.39, 0.29) is 29.7 Å². The van der Waals surface area contributed by atoms with Crippen molar-refractivity contribution in [2.24, 2.45) is 5.92 Å². The number of para-hydroxylation sites is 1. The number of hydrogen-bond acceptors (Lipinski definition) is 4. The molecule has 0 aliphatic carbocycles. The molecule has 1 aliphatic heterocycles. The van der Waals surface area contributed by atoms with Gasteiger partial charge in [0, 0.05) is 20.0 Å². The Morgan fingerprint density at radius 2 is 1.80 bits per heavy atom. The fourth-order valence-corrected chi connectivity index (χ4v) is 2.91. The third-order valence-electron chi connectivity index (χ3n) is 4.07. The van der Waals surface area contributed by atoms with E-state index in [2.05, 4.69) is 16.0 Å². The number of nitrogens with one attached hydrogen (secondary N) is 3. The zero-order valence-corrected chi connectivity index (χ0v) is 14.8. The first-order chi connectivity index (χ1) is 11.9.